The third-order valence-electron chi connectivity index (χ3n) is 5.52. The molecule has 0 saturated carbocycles. The summed E-state index contributed by atoms with van der Waals surface area (Å²) in [5.74, 6) is -0.914. The lowest BCUT2D eigenvalue weighted by atomic mass is 10.0. The summed E-state index contributed by atoms with van der Waals surface area (Å²) in [7, 11) is 4.36. The first-order chi connectivity index (χ1) is 14.4. The number of rotatable bonds is 6. The number of ether oxygens (including phenoxy) is 3. The summed E-state index contributed by atoms with van der Waals surface area (Å²) in [6, 6.07) is 1.10. The molecule has 2 aliphatic heterocycles. The van der Waals surface area contributed by atoms with Crippen LogP contribution in [0.3, 0.4) is 0 Å². The average Bonchev–Trinajstić information content (AvgIpc) is 3.16. The largest absolute Gasteiger partial charge is 0.493 e. The summed E-state index contributed by atoms with van der Waals surface area (Å²) in [6.07, 6.45) is 5.72. The minimum atomic E-state index is -1.02. The fourth-order valence-corrected chi connectivity index (χ4v) is 4.03. The second-order valence-corrected chi connectivity index (χ2v) is 7.21. The van der Waals surface area contributed by atoms with Crippen molar-refractivity contribution in [2.24, 2.45) is 0 Å². The van der Waals surface area contributed by atoms with E-state index < -0.39 is 24.0 Å². The van der Waals surface area contributed by atoms with Gasteiger partial charge in [0.2, 0.25) is 11.7 Å². The Bertz CT molecular complexity index is 842. The van der Waals surface area contributed by atoms with Gasteiger partial charge in [0.05, 0.1) is 21.3 Å². The number of benzene rings is 1. The normalized spacial score (nSPS) is 23.2. The van der Waals surface area contributed by atoms with Crippen molar-refractivity contribution in [1.29, 1.82) is 0 Å². The number of nitrogens with zero attached hydrogens (tertiary/aromatic N) is 1. The molecular weight excluding hydrogens is 392 g/mol. The summed E-state index contributed by atoms with van der Waals surface area (Å²) < 4.78 is 15.8. The third kappa shape index (κ3) is 4.05. The number of methoxy groups -OCH3 is 3. The van der Waals surface area contributed by atoms with E-state index in [0.29, 0.717) is 36.5 Å². The number of carboxylic acids is 1. The number of aliphatic carboxylic acids is 1. The molecule has 9 nitrogen and oxygen atoms in total. The monoisotopic (exact) mass is 418 g/mol. The lowest BCUT2D eigenvalue weighted by molar-refractivity contribution is -0.150. The predicted octanol–water partition coefficient (Wildman–Crippen LogP) is 1.61. The average molecular weight is 418 g/mol. The molecule has 0 radical (unpaired) electrons. The Morgan fingerprint density at radius 3 is 2.23 bits per heavy atom. The quantitative estimate of drug-likeness (QED) is 0.675. The van der Waals surface area contributed by atoms with Crippen LogP contribution >= 0.6 is 0 Å². The van der Waals surface area contributed by atoms with Gasteiger partial charge in [-0.2, -0.15) is 0 Å². The van der Waals surface area contributed by atoms with Gasteiger partial charge in [-0.15, -0.1) is 0 Å². The van der Waals surface area contributed by atoms with Crippen molar-refractivity contribution in [1.82, 2.24) is 10.2 Å². The van der Waals surface area contributed by atoms with Crippen LogP contribution in [0.2, 0.25) is 0 Å². The van der Waals surface area contributed by atoms with E-state index in [1.165, 1.54) is 38.4 Å². The SMILES string of the molecule is COc1cc(C(=O)NC2CC=CCC3CCC(C(=O)O)N3C2=O)cc(OC)c1OC. The highest BCUT2D eigenvalue weighted by Crippen LogP contribution is 2.38. The zero-order valence-corrected chi connectivity index (χ0v) is 17.2. The van der Waals surface area contributed by atoms with E-state index in [-0.39, 0.29) is 23.9 Å². The van der Waals surface area contributed by atoms with E-state index in [2.05, 4.69) is 5.32 Å². The summed E-state index contributed by atoms with van der Waals surface area (Å²) in [6.45, 7) is 0. The van der Waals surface area contributed by atoms with Crippen LogP contribution in [-0.4, -0.2) is 67.2 Å². The van der Waals surface area contributed by atoms with Crippen LogP contribution in [0.5, 0.6) is 17.2 Å². The first-order valence-corrected chi connectivity index (χ1v) is 9.72. The van der Waals surface area contributed by atoms with E-state index in [0.717, 1.165) is 0 Å². The van der Waals surface area contributed by atoms with Gasteiger partial charge in [-0.05, 0) is 37.8 Å². The van der Waals surface area contributed by atoms with Crippen LogP contribution in [0.25, 0.3) is 0 Å². The van der Waals surface area contributed by atoms with Gasteiger partial charge >= 0.3 is 5.97 Å². The zero-order chi connectivity index (χ0) is 21.8. The molecule has 2 N–H and O–H groups in total. The molecular formula is C21H26N2O7. The molecule has 162 valence electrons. The molecule has 9 heteroatoms. The highest BCUT2D eigenvalue weighted by molar-refractivity contribution is 5.99. The summed E-state index contributed by atoms with van der Waals surface area (Å²) in [4.78, 5) is 39.1. The number of carbonyl (C=O) groups excluding carboxylic acids is 2. The summed E-state index contributed by atoms with van der Waals surface area (Å²) in [5, 5.41) is 12.2. The van der Waals surface area contributed by atoms with Crippen molar-refractivity contribution in [2.75, 3.05) is 21.3 Å². The smallest absolute Gasteiger partial charge is 0.326 e. The predicted molar refractivity (Wildman–Crippen MR) is 107 cm³/mol. The molecule has 0 bridgehead atoms. The van der Waals surface area contributed by atoms with Crippen molar-refractivity contribution in [2.45, 2.75) is 43.8 Å². The number of fused-ring (bicyclic) bond motifs is 1. The molecule has 1 aromatic rings. The molecule has 3 atom stereocenters. The fraction of sp³-hybridized carbons (Fsp3) is 0.476. The lowest BCUT2D eigenvalue weighted by Gasteiger charge is -2.32. The third-order valence-corrected chi connectivity index (χ3v) is 5.52. The van der Waals surface area contributed by atoms with Crippen LogP contribution in [0.4, 0.5) is 0 Å². The molecule has 30 heavy (non-hydrogen) atoms. The van der Waals surface area contributed by atoms with Gasteiger partial charge in [-0.25, -0.2) is 4.79 Å². The van der Waals surface area contributed by atoms with Crippen LogP contribution in [-0.2, 0) is 9.59 Å². The lowest BCUT2D eigenvalue weighted by Crippen LogP contribution is -2.54. The molecule has 1 fully saturated rings. The standard InChI is InChI=1S/C21H26N2O7/c1-28-16-10-12(11-17(29-2)18(16)30-3)19(24)22-14-7-5-4-6-13-8-9-15(21(26)27)23(13)20(14)25/h4-5,10-11,13-15H,6-9H2,1-3H3,(H,22,24)(H,26,27). The summed E-state index contributed by atoms with van der Waals surface area (Å²) in [5.41, 5.74) is 0.232. The second kappa shape index (κ2) is 9.06. The molecule has 0 spiro atoms. The van der Waals surface area contributed by atoms with Gasteiger partial charge in [0.25, 0.3) is 5.91 Å². The van der Waals surface area contributed by atoms with E-state index in [1.54, 1.807) is 0 Å². The molecule has 3 unspecified atom stereocenters. The number of carboxylic acid groups (broad SMARTS) is 1. The van der Waals surface area contributed by atoms with Crippen molar-refractivity contribution >= 4 is 17.8 Å². The Morgan fingerprint density at radius 1 is 1.03 bits per heavy atom. The summed E-state index contributed by atoms with van der Waals surface area (Å²) >= 11 is 0. The maximum absolute atomic E-state index is 13.2. The van der Waals surface area contributed by atoms with Gasteiger partial charge in [0, 0.05) is 11.6 Å². The van der Waals surface area contributed by atoms with E-state index in [4.69, 9.17) is 14.2 Å². The molecule has 1 aromatic carbocycles. The van der Waals surface area contributed by atoms with Crippen molar-refractivity contribution in [3.05, 3.63) is 29.8 Å². The first kappa shape index (κ1) is 21.5. The Balaban J connectivity index is 1.86. The molecule has 2 aliphatic rings. The molecule has 2 heterocycles. The molecule has 0 aliphatic carbocycles. The number of hydrogen-bond acceptors (Lipinski definition) is 6. The highest BCUT2D eigenvalue weighted by atomic mass is 16.5. The maximum atomic E-state index is 13.2. The topological polar surface area (TPSA) is 114 Å². The van der Waals surface area contributed by atoms with Gasteiger partial charge in [0.1, 0.15) is 12.1 Å². The number of amides is 2. The number of carbonyl (C=O) groups is 3. The second-order valence-electron chi connectivity index (χ2n) is 7.21. The van der Waals surface area contributed by atoms with Gasteiger partial charge in [0.15, 0.2) is 11.5 Å². The van der Waals surface area contributed by atoms with Crippen molar-refractivity contribution in [3.8, 4) is 17.2 Å². The Kier molecular flexibility index (Phi) is 6.49. The van der Waals surface area contributed by atoms with E-state index >= 15 is 0 Å². The molecule has 1 saturated heterocycles. The number of nitrogens with one attached hydrogen (secondary N) is 1. The Labute approximate surface area is 174 Å². The minimum Gasteiger partial charge on any atom is -0.493 e. The van der Waals surface area contributed by atoms with Crippen molar-refractivity contribution < 1.29 is 33.7 Å². The maximum Gasteiger partial charge on any atom is 0.326 e. The van der Waals surface area contributed by atoms with Crippen LogP contribution in [0.1, 0.15) is 36.0 Å². The van der Waals surface area contributed by atoms with Gasteiger partial charge < -0.3 is 29.5 Å². The highest BCUT2D eigenvalue weighted by Gasteiger charge is 2.43. The molecule has 2 amide bonds. The van der Waals surface area contributed by atoms with Gasteiger partial charge in [-0.3, -0.25) is 9.59 Å². The number of hydrogen-bond donors (Lipinski definition) is 2. The first-order valence-electron chi connectivity index (χ1n) is 9.72. The Morgan fingerprint density at radius 2 is 1.67 bits per heavy atom. The fourth-order valence-electron chi connectivity index (χ4n) is 4.03. The minimum absolute atomic E-state index is 0.171. The van der Waals surface area contributed by atoms with E-state index in [9.17, 15) is 19.5 Å². The molecule has 3 rings (SSSR count). The van der Waals surface area contributed by atoms with Crippen LogP contribution < -0.4 is 19.5 Å². The zero-order valence-electron chi connectivity index (χ0n) is 17.2. The van der Waals surface area contributed by atoms with Crippen LogP contribution in [0, 0.1) is 0 Å². The molecule has 0 aromatic heterocycles. The Hall–Kier alpha value is -3.23. The van der Waals surface area contributed by atoms with Gasteiger partial charge in [-0.1, -0.05) is 12.2 Å². The van der Waals surface area contributed by atoms with E-state index in [1.807, 2.05) is 12.2 Å². The van der Waals surface area contributed by atoms with Crippen LogP contribution in [0.15, 0.2) is 24.3 Å². The van der Waals surface area contributed by atoms with Crippen molar-refractivity contribution in [3.63, 3.8) is 0 Å².